The summed E-state index contributed by atoms with van der Waals surface area (Å²) in [4.78, 5) is 8.79. The molecular weight excluding hydrogens is 388 g/mol. The monoisotopic (exact) mass is 422 g/mol. The largest absolute Gasteiger partial charge is 0.477 e. The van der Waals surface area contributed by atoms with E-state index in [0.29, 0.717) is 18.3 Å². The standard InChI is InChI=1S/C25H34N4O2/c1-18-5-10-21(11-6-18)24-22(4-3-13-30-24)16-29-25(26-2)28-15-20-9-12-23(27-14-20)31-17-19-7-8-19/h5-6,9-12,14,19,22,24H,3-4,7-8,13,15-17H2,1-2H3,(H2,26,28,29). The Labute approximate surface area is 185 Å². The van der Waals surface area contributed by atoms with Crippen LogP contribution in [-0.4, -0.2) is 37.7 Å². The third-order valence-electron chi connectivity index (χ3n) is 6.03. The Bertz CT molecular complexity index is 847. The molecule has 0 radical (unpaired) electrons. The normalized spacial score (nSPS) is 21.5. The van der Waals surface area contributed by atoms with Gasteiger partial charge in [-0.05, 0) is 49.7 Å². The molecule has 1 aliphatic carbocycles. The number of aryl methyl sites for hydroxylation is 1. The van der Waals surface area contributed by atoms with Gasteiger partial charge in [0.2, 0.25) is 5.88 Å². The maximum Gasteiger partial charge on any atom is 0.213 e. The number of aromatic nitrogens is 1. The first-order valence-corrected chi connectivity index (χ1v) is 11.4. The summed E-state index contributed by atoms with van der Waals surface area (Å²) in [7, 11) is 1.80. The van der Waals surface area contributed by atoms with E-state index in [4.69, 9.17) is 9.47 Å². The topological polar surface area (TPSA) is 67.8 Å². The molecule has 6 heteroatoms. The van der Waals surface area contributed by atoms with Crippen molar-refractivity contribution in [3.63, 3.8) is 0 Å². The van der Waals surface area contributed by atoms with Gasteiger partial charge in [-0.3, -0.25) is 4.99 Å². The number of nitrogens with zero attached hydrogens (tertiary/aromatic N) is 2. The van der Waals surface area contributed by atoms with Gasteiger partial charge >= 0.3 is 0 Å². The highest BCUT2D eigenvalue weighted by Crippen LogP contribution is 2.33. The van der Waals surface area contributed by atoms with Gasteiger partial charge in [0, 0.05) is 44.9 Å². The van der Waals surface area contributed by atoms with E-state index in [1.54, 1.807) is 7.05 Å². The maximum atomic E-state index is 6.14. The van der Waals surface area contributed by atoms with Gasteiger partial charge in [-0.15, -0.1) is 0 Å². The minimum Gasteiger partial charge on any atom is -0.477 e. The van der Waals surface area contributed by atoms with E-state index in [-0.39, 0.29) is 6.10 Å². The molecule has 1 saturated heterocycles. The van der Waals surface area contributed by atoms with Crippen molar-refractivity contribution >= 4 is 5.96 Å². The molecule has 0 bridgehead atoms. The highest BCUT2D eigenvalue weighted by atomic mass is 16.5. The van der Waals surface area contributed by atoms with Crippen LogP contribution in [0.15, 0.2) is 47.6 Å². The highest BCUT2D eigenvalue weighted by Gasteiger charge is 2.27. The first-order chi connectivity index (χ1) is 15.2. The Morgan fingerprint density at radius 3 is 2.68 bits per heavy atom. The fraction of sp³-hybridized carbons (Fsp3) is 0.520. The first-order valence-electron chi connectivity index (χ1n) is 11.4. The van der Waals surface area contributed by atoms with E-state index in [2.05, 4.69) is 57.9 Å². The van der Waals surface area contributed by atoms with Crippen molar-refractivity contribution in [2.45, 2.75) is 45.3 Å². The Balaban J connectivity index is 1.25. The van der Waals surface area contributed by atoms with Crippen LogP contribution in [0.25, 0.3) is 0 Å². The van der Waals surface area contributed by atoms with Crippen LogP contribution in [0.5, 0.6) is 5.88 Å². The van der Waals surface area contributed by atoms with Crippen molar-refractivity contribution in [3.05, 3.63) is 59.3 Å². The zero-order valence-corrected chi connectivity index (χ0v) is 18.6. The molecule has 31 heavy (non-hydrogen) atoms. The van der Waals surface area contributed by atoms with Crippen LogP contribution in [0.4, 0.5) is 0 Å². The number of guanidine groups is 1. The predicted molar refractivity (Wildman–Crippen MR) is 123 cm³/mol. The Morgan fingerprint density at radius 2 is 1.97 bits per heavy atom. The van der Waals surface area contributed by atoms with Crippen molar-refractivity contribution in [2.75, 3.05) is 26.8 Å². The van der Waals surface area contributed by atoms with E-state index in [1.165, 1.54) is 24.0 Å². The average molecular weight is 423 g/mol. The van der Waals surface area contributed by atoms with Gasteiger partial charge in [-0.25, -0.2) is 4.98 Å². The minimum atomic E-state index is 0.132. The Morgan fingerprint density at radius 1 is 1.13 bits per heavy atom. The van der Waals surface area contributed by atoms with Crippen LogP contribution < -0.4 is 15.4 Å². The third kappa shape index (κ3) is 6.44. The second kappa shape index (κ2) is 10.6. The molecule has 1 aromatic heterocycles. The van der Waals surface area contributed by atoms with E-state index in [1.807, 2.05) is 12.3 Å². The Hall–Kier alpha value is -2.60. The molecule has 2 aromatic rings. The molecule has 0 amide bonds. The molecule has 0 spiro atoms. The number of hydrogen-bond acceptors (Lipinski definition) is 4. The summed E-state index contributed by atoms with van der Waals surface area (Å²) in [5.74, 6) is 2.65. The molecule has 2 heterocycles. The van der Waals surface area contributed by atoms with E-state index in [0.717, 1.165) is 50.0 Å². The molecule has 2 N–H and O–H groups in total. The van der Waals surface area contributed by atoms with Gasteiger partial charge in [0.25, 0.3) is 0 Å². The van der Waals surface area contributed by atoms with Crippen LogP contribution in [0, 0.1) is 18.8 Å². The Kier molecular flexibility index (Phi) is 7.41. The molecule has 6 nitrogen and oxygen atoms in total. The average Bonchev–Trinajstić information content (AvgIpc) is 3.64. The summed E-state index contributed by atoms with van der Waals surface area (Å²) in [5.41, 5.74) is 3.63. The summed E-state index contributed by atoms with van der Waals surface area (Å²) >= 11 is 0. The lowest BCUT2D eigenvalue weighted by atomic mass is 9.89. The smallest absolute Gasteiger partial charge is 0.213 e. The lowest BCUT2D eigenvalue weighted by molar-refractivity contribution is -0.0265. The van der Waals surface area contributed by atoms with Gasteiger partial charge in [0.15, 0.2) is 5.96 Å². The molecule has 4 rings (SSSR count). The van der Waals surface area contributed by atoms with Crippen molar-refractivity contribution in [1.29, 1.82) is 0 Å². The SMILES string of the molecule is CN=C(NCc1ccc(OCC2CC2)nc1)NCC1CCCOC1c1ccc(C)cc1. The van der Waals surface area contributed by atoms with Gasteiger partial charge in [-0.1, -0.05) is 35.9 Å². The molecule has 2 aliphatic rings. The van der Waals surface area contributed by atoms with Crippen molar-refractivity contribution in [3.8, 4) is 5.88 Å². The van der Waals surface area contributed by atoms with Crippen molar-refractivity contribution in [2.24, 2.45) is 16.8 Å². The fourth-order valence-electron chi connectivity index (χ4n) is 3.90. The summed E-state index contributed by atoms with van der Waals surface area (Å²) in [6.07, 6.45) is 6.81. The summed E-state index contributed by atoms with van der Waals surface area (Å²) in [5, 5.41) is 6.87. The number of benzene rings is 1. The minimum absolute atomic E-state index is 0.132. The molecule has 1 saturated carbocycles. The number of aliphatic imine (C=N–C) groups is 1. The molecule has 1 aromatic carbocycles. The zero-order valence-electron chi connectivity index (χ0n) is 18.6. The quantitative estimate of drug-likeness (QED) is 0.497. The lowest BCUT2D eigenvalue weighted by Crippen LogP contribution is -2.41. The van der Waals surface area contributed by atoms with Crippen LogP contribution in [0.2, 0.25) is 0 Å². The molecule has 2 atom stereocenters. The summed E-state index contributed by atoms with van der Waals surface area (Å²) in [6.45, 7) is 5.22. The van der Waals surface area contributed by atoms with E-state index < -0.39 is 0 Å². The fourth-order valence-corrected chi connectivity index (χ4v) is 3.90. The van der Waals surface area contributed by atoms with Crippen LogP contribution in [-0.2, 0) is 11.3 Å². The zero-order chi connectivity index (χ0) is 21.5. The van der Waals surface area contributed by atoms with Crippen LogP contribution in [0.1, 0.15) is 48.5 Å². The van der Waals surface area contributed by atoms with Crippen LogP contribution >= 0.6 is 0 Å². The number of rotatable bonds is 8. The highest BCUT2D eigenvalue weighted by molar-refractivity contribution is 5.79. The predicted octanol–water partition coefficient (Wildman–Crippen LogP) is 4.01. The maximum absolute atomic E-state index is 6.14. The third-order valence-corrected chi connectivity index (χ3v) is 6.03. The second-order valence-corrected chi connectivity index (χ2v) is 8.67. The van der Waals surface area contributed by atoms with Crippen molar-refractivity contribution < 1.29 is 9.47 Å². The van der Waals surface area contributed by atoms with Crippen molar-refractivity contribution in [1.82, 2.24) is 15.6 Å². The van der Waals surface area contributed by atoms with E-state index in [9.17, 15) is 0 Å². The molecule has 2 unspecified atom stereocenters. The molecule has 1 aliphatic heterocycles. The first kappa shape index (κ1) is 21.6. The van der Waals surface area contributed by atoms with Gasteiger partial charge in [0.1, 0.15) is 0 Å². The number of pyridine rings is 1. The van der Waals surface area contributed by atoms with E-state index >= 15 is 0 Å². The number of nitrogens with one attached hydrogen (secondary N) is 2. The lowest BCUT2D eigenvalue weighted by Gasteiger charge is -2.32. The molecule has 166 valence electrons. The van der Waals surface area contributed by atoms with Gasteiger partial charge in [0.05, 0.1) is 12.7 Å². The molecule has 2 fully saturated rings. The van der Waals surface area contributed by atoms with Gasteiger partial charge in [-0.2, -0.15) is 0 Å². The number of hydrogen-bond donors (Lipinski definition) is 2. The summed E-state index contributed by atoms with van der Waals surface area (Å²) < 4.78 is 11.9. The van der Waals surface area contributed by atoms with Crippen LogP contribution in [0.3, 0.4) is 0 Å². The second-order valence-electron chi connectivity index (χ2n) is 8.67. The summed E-state index contributed by atoms with van der Waals surface area (Å²) in [6, 6.07) is 12.7. The molecular formula is C25H34N4O2. The number of ether oxygens (including phenoxy) is 2. The van der Waals surface area contributed by atoms with Gasteiger partial charge < -0.3 is 20.1 Å².